The molecular weight excluding hydrogens is 403 g/mol. The highest BCUT2D eigenvalue weighted by atomic mass is 35.5. The van der Waals surface area contributed by atoms with Crippen molar-refractivity contribution in [1.82, 2.24) is 10.6 Å². The SMILES string of the molecule is C[C@H](NCCN[C@@H](C)C(=O)OC1CCCCC1)C(=O)OC1CCCCC1.Cl.Cl. The highest BCUT2D eigenvalue weighted by molar-refractivity contribution is 5.85. The molecule has 0 aromatic rings. The van der Waals surface area contributed by atoms with Crippen LogP contribution in [0.1, 0.15) is 78.1 Å². The van der Waals surface area contributed by atoms with E-state index in [1.807, 2.05) is 13.8 Å². The van der Waals surface area contributed by atoms with Gasteiger partial charge in [0.25, 0.3) is 0 Å². The largest absolute Gasteiger partial charge is 0.461 e. The first kappa shape index (κ1) is 27.4. The Morgan fingerprint density at radius 1 is 0.714 bits per heavy atom. The summed E-state index contributed by atoms with van der Waals surface area (Å²) in [5, 5.41) is 6.32. The number of hydrogen-bond acceptors (Lipinski definition) is 6. The molecule has 0 unspecified atom stereocenters. The van der Waals surface area contributed by atoms with Crippen molar-refractivity contribution in [2.45, 2.75) is 102 Å². The van der Waals surface area contributed by atoms with Gasteiger partial charge in [-0.05, 0) is 65.2 Å². The zero-order valence-corrected chi connectivity index (χ0v) is 18.9. The molecule has 0 bridgehead atoms. The first-order valence-electron chi connectivity index (χ1n) is 10.4. The normalized spacial score (nSPS) is 20.2. The predicted octanol–water partition coefficient (Wildman–Crippen LogP) is 3.54. The second-order valence-electron chi connectivity index (χ2n) is 7.75. The second-order valence-corrected chi connectivity index (χ2v) is 7.75. The quantitative estimate of drug-likeness (QED) is 0.421. The Bertz CT molecular complexity index is 402. The van der Waals surface area contributed by atoms with Crippen molar-refractivity contribution in [3.8, 4) is 0 Å². The lowest BCUT2D eigenvalue weighted by Crippen LogP contribution is -2.44. The summed E-state index contributed by atoms with van der Waals surface area (Å²) in [6.45, 7) is 4.85. The number of nitrogens with one attached hydrogen (secondary N) is 2. The van der Waals surface area contributed by atoms with Crippen molar-refractivity contribution in [1.29, 1.82) is 0 Å². The maximum absolute atomic E-state index is 12.1. The van der Waals surface area contributed by atoms with Crippen molar-refractivity contribution in [3.63, 3.8) is 0 Å². The fourth-order valence-corrected chi connectivity index (χ4v) is 3.64. The van der Waals surface area contributed by atoms with E-state index < -0.39 is 0 Å². The van der Waals surface area contributed by atoms with Gasteiger partial charge in [0.15, 0.2) is 0 Å². The fraction of sp³-hybridized carbons (Fsp3) is 0.900. The van der Waals surface area contributed by atoms with Crippen LogP contribution in [0, 0.1) is 0 Å². The van der Waals surface area contributed by atoms with E-state index in [1.54, 1.807) is 0 Å². The van der Waals surface area contributed by atoms with E-state index in [4.69, 9.17) is 9.47 Å². The average molecular weight is 441 g/mol. The Balaban J connectivity index is 0.00000364. The molecule has 2 aliphatic rings. The summed E-state index contributed by atoms with van der Waals surface area (Å²) in [6, 6.07) is -0.661. The van der Waals surface area contributed by atoms with Gasteiger partial charge in [0.05, 0.1) is 0 Å². The molecular formula is C20H38Cl2N2O4. The molecule has 166 valence electrons. The van der Waals surface area contributed by atoms with Gasteiger partial charge >= 0.3 is 11.9 Å². The van der Waals surface area contributed by atoms with Crippen LogP contribution in [0.3, 0.4) is 0 Å². The number of rotatable bonds is 9. The van der Waals surface area contributed by atoms with E-state index in [0.717, 1.165) is 51.4 Å². The highest BCUT2D eigenvalue weighted by Gasteiger charge is 2.23. The molecule has 2 N–H and O–H groups in total. The van der Waals surface area contributed by atoms with Crippen molar-refractivity contribution >= 4 is 36.8 Å². The van der Waals surface area contributed by atoms with Crippen LogP contribution in [-0.4, -0.2) is 49.3 Å². The van der Waals surface area contributed by atoms with Crippen LogP contribution in [0.5, 0.6) is 0 Å². The third-order valence-corrected chi connectivity index (χ3v) is 5.40. The van der Waals surface area contributed by atoms with Gasteiger partial charge in [0.2, 0.25) is 0 Å². The Kier molecular flexibility index (Phi) is 15.0. The molecule has 0 amide bonds. The molecule has 0 heterocycles. The van der Waals surface area contributed by atoms with Crippen LogP contribution in [0.4, 0.5) is 0 Å². The van der Waals surface area contributed by atoms with Crippen LogP contribution in [0.15, 0.2) is 0 Å². The minimum absolute atomic E-state index is 0. The minimum Gasteiger partial charge on any atom is -0.461 e. The monoisotopic (exact) mass is 440 g/mol. The molecule has 0 spiro atoms. The van der Waals surface area contributed by atoms with E-state index in [-0.39, 0.29) is 61.0 Å². The fourth-order valence-electron chi connectivity index (χ4n) is 3.64. The highest BCUT2D eigenvalue weighted by Crippen LogP contribution is 2.21. The van der Waals surface area contributed by atoms with E-state index >= 15 is 0 Å². The zero-order valence-electron chi connectivity index (χ0n) is 17.2. The number of ether oxygens (including phenoxy) is 2. The molecule has 8 heteroatoms. The van der Waals surface area contributed by atoms with E-state index in [9.17, 15) is 9.59 Å². The number of hydrogen-bond donors (Lipinski definition) is 2. The first-order valence-corrected chi connectivity index (χ1v) is 10.4. The van der Waals surface area contributed by atoms with Crippen molar-refractivity contribution in [3.05, 3.63) is 0 Å². The van der Waals surface area contributed by atoms with Gasteiger partial charge < -0.3 is 20.1 Å². The average Bonchev–Trinajstić information content (AvgIpc) is 2.66. The molecule has 0 aromatic heterocycles. The van der Waals surface area contributed by atoms with Crippen LogP contribution in [0.2, 0.25) is 0 Å². The summed E-state index contributed by atoms with van der Waals surface area (Å²) >= 11 is 0. The van der Waals surface area contributed by atoms with Crippen LogP contribution in [-0.2, 0) is 19.1 Å². The molecule has 28 heavy (non-hydrogen) atoms. The smallest absolute Gasteiger partial charge is 0.323 e. The molecule has 0 radical (unpaired) electrons. The van der Waals surface area contributed by atoms with Gasteiger partial charge in [0, 0.05) is 13.1 Å². The van der Waals surface area contributed by atoms with Crippen molar-refractivity contribution < 1.29 is 19.1 Å². The maximum Gasteiger partial charge on any atom is 0.323 e. The number of esters is 2. The zero-order chi connectivity index (χ0) is 18.8. The lowest BCUT2D eigenvalue weighted by molar-refractivity contribution is -0.153. The predicted molar refractivity (Wildman–Crippen MR) is 115 cm³/mol. The molecule has 6 nitrogen and oxygen atoms in total. The summed E-state index contributed by atoms with van der Waals surface area (Å²) in [6.07, 6.45) is 11.2. The third-order valence-electron chi connectivity index (χ3n) is 5.40. The van der Waals surface area contributed by atoms with E-state index in [0.29, 0.717) is 13.1 Å². The molecule has 0 saturated heterocycles. The molecule has 2 fully saturated rings. The van der Waals surface area contributed by atoms with Crippen LogP contribution < -0.4 is 10.6 Å². The second kappa shape index (κ2) is 15.3. The van der Waals surface area contributed by atoms with E-state index in [2.05, 4.69) is 10.6 Å². The molecule has 0 aromatic carbocycles. The van der Waals surface area contributed by atoms with Crippen LogP contribution in [0.25, 0.3) is 0 Å². The third kappa shape index (κ3) is 10.3. The minimum atomic E-state index is -0.330. The Morgan fingerprint density at radius 3 is 1.36 bits per heavy atom. The number of carbonyl (C=O) groups excluding carboxylic acids is 2. The molecule has 2 rings (SSSR count). The molecule has 2 atom stereocenters. The van der Waals surface area contributed by atoms with Gasteiger partial charge in [-0.15, -0.1) is 24.8 Å². The number of halogens is 2. The van der Waals surface area contributed by atoms with Gasteiger partial charge in [-0.3, -0.25) is 9.59 Å². The summed E-state index contributed by atoms with van der Waals surface area (Å²) in [5.41, 5.74) is 0. The molecule has 2 aliphatic carbocycles. The molecule has 0 aliphatic heterocycles. The summed E-state index contributed by atoms with van der Waals surface area (Å²) in [4.78, 5) is 24.2. The van der Waals surface area contributed by atoms with Gasteiger partial charge in [0.1, 0.15) is 24.3 Å². The Hall–Kier alpha value is -0.560. The Labute approximate surface area is 182 Å². The first-order chi connectivity index (χ1) is 12.6. The van der Waals surface area contributed by atoms with E-state index in [1.165, 1.54) is 12.8 Å². The summed E-state index contributed by atoms with van der Waals surface area (Å²) < 4.78 is 11.1. The Morgan fingerprint density at radius 2 is 1.04 bits per heavy atom. The lowest BCUT2D eigenvalue weighted by Gasteiger charge is -2.24. The maximum atomic E-state index is 12.1. The summed E-state index contributed by atoms with van der Waals surface area (Å²) in [5.74, 6) is -0.358. The van der Waals surface area contributed by atoms with Crippen LogP contribution >= 0.6 is 24.8 Å². The number of carbonyl (C=O) groups is 2. The van der Waals surface area contributed by atoms with Gasteiger partial charge in [-0.2, -0.15) is 0 Å². The standard InChI is InChI=1S/C20H36N2O4.2ClH/c1-15(19(23)25-17-9-5-3-6-10-17)21-13-14-22-16(2)20(24)26-18-11-7-4-8-12-18;;/h15-18,21-22H,3-14H2,1-2H3;2*1H/t15-,16-;;/m0../s1. The topological polar surface area (TPSA) is 76.7 Å². The molecule has 2 saturated carbocycles. The lowest BCUT2D eigenvalue weighted by atomic mass is 9.98. The van der Waals surface area contributed by atoms with Crippen molar-refractivity contribution in [2.24, 2.45) is 0 Å². The summed E-state index contributed by atoms with van der Waals surface area (Å²) in [7, 11) is 0. The van der Waals surface area contributed by atoms with Crippen molar-refractivity contribution in [2.75, 3.05) is 13.1 Å². The van der Waals surface area contributed by atoms with Gasteiger partial charge in [-0.1, -0.05) is 12.8 Å². The van der Waals surface area contributed by atoms with Gasteiger partial charge in [-0.25, -0.2) is 0 Å².